The number of nitrogens with two attached hydrogens (primary N) is 1. The standard InChI is InChI=1S/C16H19FN2O/c1-11-4-2-6-14(11)16(20)19-13-8-7-12(5-3-9-18)15(17)10-13/h7-8,10-11,14H,2,4,6,9,18H2,1H3,(H,19,20). The Morgan fingerprint density at radius 2 is 2.30 bits per heavy atom. The highest BCUT2D eigenvalue weighted by Crippen LogP contribution is 2.32. The molecule has 0 bridgehead atoms. The van der Waals surface area contributed by atoms with E-state index in [9.17, 15) is 9.18 Å². The molecule has 1 aromatic carbocycles. The molecule has 0 heterocycles. The quantitative estimate of drug-likeness (QED) is 0.814. The van der Waals surface area contributed by atoms with Crippen molar-refractivity contribution in [2.45, 2.75) is 26.2 Å². The van der Waals surface area contributed by atoms with Gasteiger partial charge in [-0.1, -0.05) is 25.2 Å². The van der Waals surface area contributed by atoms with E-state index >= 15 is 0 Å². The van der Waals surface area contributed by atoms with Crippen LogP contribution in [0, 0.1) is 29.5 Å². The molecule has 1 fully saturated rings. The number of halogens is 1. The second-order valence-electron chi connectivity index (χ2n) is 5.20. The Hall–Kier alpha value is -1.86. The number of nitrogens with one attached hydrogen (secondary N) is 1. The van der Waals surface area contributed by atoms with E-state index in [1.54, 1.807) is 12.1 Å². The van der Waals surface area contributed by atoms with Gasteiger partial charge in [0.15, 0.2) is 0 Å². The lowest BCUT2D eigenvalue weighted by Gasteiger charge is -2.15. The molecular formula is C16H19FN2O. The molecule has 1 aromatic rings. The minimum absolute atomic E-state index is 0.0183. The fourth-order valence-corrected chi connectivity index (χ4v) is 2.61. The SMILES string of the molecule is CC1CCCC1C(=O)Nc1ccc(C#CCN)c(F)c1. The molecule has 0 spiro atoms. The topological polar surface area (TPSA) is 55.1 Å². The molecule has 20 heavy (non-hydrogen) atoms. The zero-order valence-electron chi connectivity index (χ0n) is 11.6. The molecule has 1 aliphatic carbocycles. The Bertz CT molecular complexity index is 559. The van der Waals surface area contributed by atoms with Crippen molar-refractivity contribution in [3.63, 3.8) is 0 Å². The van der Waals surface area contributed by atoms with Crippen molar-refractivity contribution in [2.75, 3.05) is 11.9 Å². The van der Waals surface area contributed by atoms with Crippen LogP contribution in [0.2, 0.25) is 0 Å². The molecule has 1 saturated carbocycles. The summed E-state index contributed by atoms with van der Waals surface area (Å²) >= 11 is 0. The highest BCUT2D eigenvalue weighted by Gasteiger charge is 2.29. The van der Waals surface area contributed by atoms with E-state index in [1.165, 1.54) is 6.07 Å². The van der Waals surface area contributed by atoms with Crippen molar-refractivity contribution in [1.29, 1.82) is 0 Å². The second kappa shape index (κ2) is 6.53. The first kappa shape index (κ1) is 14.5. The molecule has 0 aliphatic heterocycles. The lowest BCUT2D eigenvalue weighted by Crippen LogP contribution is -2.24. The third-order valence-electron chi connectivity index (χ3n) is 3.76. The van der Waals surface area contributed by atoms with Crippen molar-refractivity contribution in [3.8, 4) is 11.8 Å². The molecule has 1 aliphatic rings. The van der Waals surface area contributed by atoms with E-state index in [1.807, 2.05) is 0 Å². The Labute approximate surface area is 118 Å². The zero-order chi connectivity index (χ0) is 14.5. The Kier molecular flexibility index (Phi) is 4.75. The lowest BCUT2D eigenvalue weighted by molar-refractivity contribution is -0.120. The molecule has 2 unspecified atom stereocenters. The van der Waals surface area contributed by atoms with Crippen molar-refractivity contribution in [2.24, 2.45) is 17.6 Å². The summed E-state index contributed by atoms with van der Waals surface area (Å²) in [5.74, 6) is 5.23. The molecule has 106 valence electrons. The van der Waals surface area contributed by atoms with Crippen LogP contribution < -0.4 is 11.1 Å². The highest BCUT2D eigenvalue weighted by molar-refractivity contribution is 5.92. The summed E-state index contributed by atoms with van der Waals surface area (Å²) in [7, 11) is 0. The largest absolute Gasteiger partial charge is 0.326 e. The van der Waals surface area contributed by atoms with E-state index in [0.29, 0.717) is 17.2 Å². The lowest BCUT2D eigenvalue weighted by atomic mass is 9.97. The van der Waals surface area contributed by atoms with Gasteiger partial charge >= 0.3 is 0 Å². The summed E-state index contributed by atoms with van der Waals surface area (Å²) in [6, 6.07) is 4.53. The van der Waals surface area contributed by atoms with E-state index in [4.69, 9.17) is 5.73 Å². The Balaban J connectivity index is 2.06. The molecule has 0 aromatic heterocycles. The molecule has 2 atom stereocenters. The predicted molar refractivity (Wildman–Crippen MR) is 77.5 cm³/mol. The summed E-state index contributed by atoms with van der Waals surface area (Å²) in [5.41, 5.74) is 6.02. The van der Waals surface area contributed by atoms with Crippen molar-refractivity contribution in [3.05, 3.63) is 29.6 Å². The summed E-state index contributed by atoms with van der Waals surface area (Å²) in [6.45, 7) is 2.28. The number of rotatable bonds is 2. The molecule has 4 heteroatoms. The predicted octanol–water partition coefficient (Wildman–Crippen LogP) is 2.51. The molecule has 2 rings (SSSR count). The van der Waals surface area contributed by atoms with Crippen LogP contribution in [0.25, 0.3) is 0 Å². The molecule has 1 amide bonds. The molecule has 0 saturated heterocycles. The van der Waals surface area contributed by atoms with Gasteiger partial charge < -0.3 is 11.1 Å². The average molecular weight is 274 g/mol. The van der Waals surface area contributed by atoms with E-state index in [0.717, 1.165) is 19.3 Å². The summed E-state index contributed by atoms with van der Waals surface area (Å²) in [5, 5.41) is 2.79. The van der Waals surface area contributed by atoms with Gasteiger partial charge in [0.2, 0.25) is 5.91 Å². The van der Waals surface area contributed by atoms with Crippen LogP contribution in [0.4, 0.5) is 10.1 Å². The third kappa shape index (κ3) is 3.37. The maximum atomic E-state index is 13.8. The van der Waals surface area contributed by atoms with Crippen LogP contribution in [0.15, 0.2) is 18.2 Å². The number of anilines is 1. The minimum atomic E-state index is -0.441. The summed E-state index contributed by atoms with van der Waals surface area (Å²) < 4.78 is 13.8. The average Bonchev–Trinajstić information content (AvgIpc) is 2.84. The fraction of sp³-hybridized carbons (Fsp3) is 0.438. The first-order valence-corrected chi connectivity index (χ1v) is 6.91. The van der Waals surface area contributed by atoms with E-state index in [2.05, 4.69) is 24.1 Å². The van der Waals surface area contributed by atoms with Crippen LogP contribution in [0.5, 0.6) is 0 Å². The molecule has 3 nitrogen and oxygen atoms in total. The first-order chi connectivity index (χ1) is 9.61. The van der Waals surface area contributed by atoms with Gasteiger partial charge in [-0.25, -0.2) is 4.39 Å². The van der Waals surface area contributed by atoms with Crippen LogP contribution in [0.3, 0.4) is 0 Å². The van der Waals surface area contributed by atoms with Crippen molar-refractivity contribution in [1.82, 2.24) is 0 Å². The van der Waals surface area contributed by atoms with Gasteiger partial charge in [0, 0.05) is 11.6 Å². The molecule has 3 N–H and O–H groups in total. The molecular weight excluding hydrogens is 255 g/mol. The van der Waals surface area contributed by atoms with Gasteiger partial charge in [0.1, 0.15) is 5.82 Å². The number of carbonyl (C=O) groups excluding carboxylic acids is 1. The number of hydrogen-bond donors (Lipinski definition) is 2. The van der Waals surface area contributed by atoms with Crippen LogP contribution in [0.1, 0.15) is 31.7 Å². The number of benzene rings is 1. The van der Waals surface area contributed by atoms with Crippen LogP contribution in [-0.4, -0.2) is 12.5 Å². The Morgan fingerprint density at radius 1 is 1.50 bits per heavy atom. The maximum Gasteiger partial charge on any atom is 0.227 e. The van der Waals surface area contributed by atoms with Gasteiger partial charge in [-0.15, -0.1) is 0 Å². The molecule has 0 radical (unpaired) electrons. The maximum absolute atomic E-state index is 13.8. The number of amides is 1. The second-order valence-corrected chi connectivity index (χ2v) is 5.20. The van der Waals surface area contributed by atoms with Crippen LogP contribution in [-0.2, 0) is 4.79 Å². The highest BCUT2D eigenvalue weighted by atomic mass is 19.1. The van der Waals surface area contributed by atoms with Crippen LogP contribution >= 0.6 is 0 Å². The number of carbonyl (C=O) groups is 1. The van der Waals surface area contributed by atoms with Gasteiger partial charge in [0.05, 0.1) is 12.1 Å². The van der Waals surface area contributed by atoms with Gasteiger partial charge in [0.25, 0.3) is 0 Å². The minimum Gasteiger partial charge on any atom is -0.326 e. The van der Waals surface area contributed by atoms with E-state index < -0.39 is 5.82 Å². The fourth-order valence-electron chi connectivity index (χ4n) is 2.61. The zero-order valence-corrected chi connectivity index (χ0v) is 11.6. The summed E-state index contributed by atoms with van der Waals surface area (Å²) in [6.07, 6.45) is 3.08. The first-order valence-electron chi connectivity index (χ1n) is 6.91. The summed E-state index contributed by atoms with van der Waals surface area (Å²) in [4.78, 5) is 12.1. The van der Waals surface area contributed by atoms with Gasteiger partial charge in [-0.2, -0.15) is 0 Å². The Morgan fingerprint density at radius 3 is 2.90 bits per heavy atom. The number of hydrogen-bond acceptors (Lipinski definition) is 2. The van der Waals surface area contributed by atoms with Crippen molar-refractivity contribution < 1.29 is 9.18 Å². The smallest absolute Gasteiger partial charge is 0.227 e. The van der Waals surface area contributed by atoms with Gasteiger partial charge in [-0.05, 0) is 37.0 Å². The van der Waals surface area contributed by atoms with Gasteiger partial charge in [-0.3, -0.25) is 4.79 Å². The monoisotopic (exact) mass is 274 g/mol. The van der Waals surface area contributed by atoms with E-state index in [-0.39, 0.29) is 18.4 Å². The van der Waals surface area contributed by atoms with Crippen molar-refractivity contribution >= 4 is 11.6 Å². The third-order valence-corrected chi connectivity index (χ3v) is 3.76. The normalized spacial score (nSPS) is 21.1.